The van der Waals surface area contributed by atoms with Gasteiger partial charge in [-0.05, 0) is 12.5 Å². The number of thioether (sulfide) groups is 1. The van der Waals surface area contributed by atoms with Crippen LogP contribution < -0.4 is 5.73 Å². The lowest BCUT2D eigenvalue weighted by Crippen LogP contribution is -2.10. The molecule has 2 N–H and O–H groups in total. The number of carbonyl (C=O) groups is 2. The van der Waals surface area contributed by atoms with E-state index < -0.39 is 0 Å². The minimum Gasteiger partial charge on any atom is -0.370 e. The van der Waals surface area contributed by atoms with Crippen LogP contribution in [0.2, 0.25) is 0 Å². The zero-order valence-electron chi connectivity index (χ0n) is 6.21. The molecule has 0 atom stereocenters. The summed E-state index contributed by atoms with van der Waals surface area (Å²) in [7, 11) is 0. The molecule has 0 aromatic carbocycles. The molecule has 0 bridgehead atoms. The molecule has 0 rings (SSSR count). The van der Waals surface area contributed by atoms with Gasteiger partial charge in [0, 0.05) is 12.2 Å². The smallest absolute Gasteiger partial charge is 0.217 e. The van der Waals surface area contributed by atoms with Crippen molar-refractivity contribution in [1.29, 1.82) is 0 Å². The van der Waals surface area contributed by atoms with Crippen molar-refractivity contribution in [2.45, 2.75) is 12.8 Å². The average molecular weight is 173 g/mol. The number of rotatable bonds is 5. The molecule has 3 nitrogen and oxygen atoms in total. The monoisotopic (exact) mass is 173 g/mol. The Morgan fingerprint density at radius 1 is 1.55 bits per heavy atom. The summed E-state index contributed by atoms with van der Waals surface area (Å²) in [4.78, 5) is 20.8. The van der Waals surface area contributed by atoms with Crippen LogP contribution in [0.15, 0.2) is 12.7 Å². The largest absolute Gasteiger partial charge is 0.370 e. The van der Waals surface area contributed by atoms with Gasteiger partial charge in [-0.25, -0.2) is 0 Å². The van der Waals surface area contributed by atoms with Crippen molar-refractivity contribution >= 4 is 22.8 Å². The Morgan fingerprint density at radius 2 is 2.18 bits per heavy atom. The second-order valence-corrected chi connectivity index (χ2v) is 3.04. The molecule has 0 spiro atoms. The maximum absolute atomic E-state index is 10.6. The van der Waals surface area contributed by atoms with E-state index >= 15 is 0 Å². The summed E-state index contributed by atoms with van der Waals surface area (Å²) >= 11 is 1.15. The quantitative estimate of drug-likeness (QED) is 0.491. The summed E-state index contributed by atoms with van der Waals surface area (Å²) in [6, 6.07) is 0. The molecule has 4 heteroatoms. The predicted octanol–water partition coefficient (Wildman–Crippen LogP) is 0.698. The molecule has 0 aliphatic heterocycles. The van der Waals surface area contributed by atoms with Gasteiger partial charge in [-0.1, -0.05) is 18.3 Å². The zero-order valence-corrected chi connectivity index (χ0v) is 7.02. The molecule has 62 valence electrons. The van der Waals surface area contributed by atoms with Gasteiger partial charge >= 0.3 is 0 Å². The fourth-order valence-corrected chi connectivity index (χ4v) is 1.09. The van der Waals surface area contributed by atoms with Gasteiger partial charge in [0.05, 0.1) is 0 Å². The summed E-state index contributed by atoms with van der Waals surface area (Å²) in [5.41, 5.74) is 4.89. The average Bonchev–Trinajstić information content (AvgIpc) is 1.97. The zero-order chi connectivity index (χ0) is 8.69. The number of carbonyl (C=O) groups excluding carboxylic acids is 2. The molecule has 11 heavy (non-hydrogen) atoms. The van der Waals surface area contributed by atoms with Crippen molar-refractivity contribution in [3.8, 4) is 0 Å². The van der Waals surface area contributed by atoms with Crippen molar-refractivity contribution < 1.29 is 9.59 Å². The molecular weight excluding hydrogens is 162 g/mol. The van der Waals surface area contributed by atoms with Crippen LogP contribution >= 0.6 is 11.8 Å². The lowest BCUT2D eigenvalue weighted by Gasteiger charge is -1.93. The van der Waals surface area contributed by atoms with Crippen LogP contribution in [0, 0.1) is 0 Å². The molecule has 0 saturated heterocycles. The summed E-state index contributed by atoms with van der Waals surface area (Å²) in [5.74, 6) is 0.310. The third-order valence-electron chi connectivity index (χ3n) is 0.979. The third-order valence-corrected chi connectivity index (χ3v) is 1.92. The Bertz CT molecular complexity index is 168. The summed E-state index contributed by atoms with van der Waals surface area (Å²) in [5, 5.41) is -0.0607. The third kappa shape index (κ3) is 7.12. The molecule has 0 unspecified atom stereocenters. The first-order valence-corrected chi connectivity index (χ1v) is 4.23. The van der Waals surface area contributed by atoms with Gasteiger partial charge in [-0.15, -0.1) is 0 Å². The van der Waals surface area contributed by atoms with E-state index in [0.717, 1.165) is 11.8 Å². The first kappa shape index (κ1) is 10.2. The number of amides is 1. The van der Waals surface area contributed by atoms with Crippen LogP contribution in [0.25, 0.3) is 0 Å². The van der Waals surface area contributed by atoms with E-state index in [2.05, 4.69) is 6.58 Å². The molecule has 0 fully saturated rings. The molecule has 0 heterocycles. The van der Waals surface area contributed by atoms with Crippen LogP contribution in [-0.2, 0) is 9.59 Å². The van der Waals surface area contributed by atoms with Gasteiger partial charge in [-0.3, -0.25) is 9.59 Å². The van der Waals surface area contributed by atoms with E-state index in [4.69, 9.17) is 5.73 Å². The van der Waals surface area contributed by atoms with E-state index in [1.165, 1.54) is 6.08 Å². The lowest BCUT2D eigenvalue weighted by atomic mass is 10.3. The topological polar surface area (TPSA) is 60.2 Å². The summed E-state index contributed by atoms with van der Waals surface area (Å²) < 4.78 is 0. The summed E-state index contributed by atoms with van der Waals surface area (Å²) in [6.45, 7) is 3.31. The predicted molar refractivity (Wildman–Crippen MR) is 46.1 cm³/mol. The molecule has 1 amide bonds. The number of hydrogen-bond donors (Lipinski definition) is 1. The Hall–Kier alpha value is -0.770. The highest BCUT2D eigenvalue weighted by Gasteiger charge is 1.97. The van der Waals surface area contributed by atoms with Gasteiger partial charge < -0.3 is 5.73 Å². The van der Waals surface area contributed by atoms with Gasteiger partial charge in [0.15, 0.2) is 0 Å². The normalized spacial score (nSPS) is 9.09. The number of nitrogens with two attached hydrogens (primary N) is 1. The van der Waals surface area contributed by atoms with Crippen LogP contribution in [0.1, 0.15) is 12.8 Å². The van der Waals surface area contributed by atoms with Crippen molar-refractivity contribution in [2.24, 2.45) is 5.73 Å². The Labute approximate surface area is 70.0 Å². The van der Waals surface area contributed by atoms with Crippen molar-refractivity contribution in [1.82, 2.24) is 0 Å². The maximum atomic E-state index is 10.6. The van der Waals surface area contributed by atoms with E-state index in [-0.39, 0.29) is 11.0 Å². The van der Waals surface area contributed by atoms with Gasteiger partial charge in [0.2, 0.25) is 11.0 Å². The number of hydrogen-bond acceptors (Lipinski definition) is 3. The van der Waals surface area contributed by atoms with E-state index in [1.54, 1.807) is 0 Å². The molecule has 0 aromatic rings. The molecule has 0 aliphatic carbocycles. The number of primary amides is 1. The standard InChI is InChI=1S/C7H11NO2S/c1-2-7(10)11-5-3-4-6(8)9/h2H,1,3-5H2,(H2,8,9). The van der Waals surface area contributed by atoms with E-state index in [1.807, 2.05) is 0 Å². The minimum absolute atomic E-state index is 0.0607. The SMILES string of the molecule is C=CC(=O)SCCCC(N)=O. The first-order chi connectivity index (χ1) is 5.16. The fraction of sp³-hybridized carbons (Fsp3) is 0.429. The Kier molecular flexibility index (Phi) is 5.56. The van der Waals surface area contributed by atoms with Gasteiger partial charge in [0.25, 0.3) is 0 Å². The molecule has 0 radical (unpaired) electrons. The molecule has 0 aliphatic rings. The Morgan fingerprint density at radius 3 is 2.64 bits per heavy atom. The van der Waals surface area contributed by atoms with Gasteiger partial charge in [0.1, 0.15) is 0 Å². The minimum atomic E-state index is -0.323. The maximum Gasteiger partial charge on any atom is 0.217 e. The van der Waals surface area contributed by atoms with Crippen LogP contribution in [-0.4, -0.2) is 16.8 Å². The summed E-state index contributed by atoms with van der Waals surface area (Å²) in [6.07, 6.45) is 2.26. The van der Waals surface area contributed by atoms with Gasteiger partial charge in [-0.2, -0.15) is 0 Å². The van der Waals surface area contributed by atoms with E-state index in [0.29, 0.717) is 18.6 Å². The van der Waals surface area contributed by atoms with E-state index in [9.17, 15) is 9.59 Å². The molecule has 0 aromatic heterocycles. The highest BCUT2D eigenvalue weighted by atomic mass is 32.2. The lowest BCUT2D eigenvalue weighted by molar-refractivity contribution is -0.118. The van der Waals surface area contributed by atoms with Crippen LogP contribution in [0.5, 0.6) is 0 Å². The molecule has 0 saturated carbocycles. The van der Waals surface area contributed by atoms with Crippen molar-refractivity contribution in [3.05, 3.63) is 12.7 Å². The first-order valence-electron chi connectivity index (χ1n) is 3.24. The van der Waals surface area contributed by atoms with Crippen molar-refractivity contribution in [2.75, 3.05) is 5.75 Å². The molecular formula is C7H11NO2S. The Balaban J connectivity index is 3.21. The highest BCUT2D eigenvalue weighted by Crippen LogP contribution is 2.05. The second kappa shape index (κ2) is 5.97. The fourth-order valence-electron chi connectivity index (χ4n) is 0.478. The highest BCUT2D eigenvalue weighted by molar-refractivity contribution is 8.14. The van der Waals surface area contributed by atoms with Crippen LogP contribution in [0.4, 0.5) is 0 Å². The second-order valence-electron chi connectivity index (χ2n) is 1.94. The van der Waals surface area contributed by atoms with Crippen molar-refractivity contribution in [3.63, 3.8) is 0 Å². The van der Waals surface area contributed by atoms with Crippen LogP contribution in [0.3, 0.4) is 0 Å².